The third-order valence-corrected chi connectivity index (χ3v) is 6.32. The molecule has 0 radical (unpaired) electrons. The van der Waals surface area contributed by atoms with Gasteiger partial charge in [0.25, 0.3) is 0 Å². The fraction of sp³-hybridized carbons (Fsp3) is 0.364. The average molecular weight is 441 g/mol. The standard InChI is InChI=1S/C22H25FN6OS/c1-2-29-21(17-7-9-24-10-8-17)25-26-22(29)31-16-20(30)28-13-11-27(12-14-28)15-18-5-3-4-6-19(18)23/h3-10H,2,11-16H2,1H3. The van der Waals surface area contributed by atoms with Gasteiger partial charge in [0.15, 0.2) is 11.0 Å². The van der Waals surface area contributed by atoms with E-state index in [0.717, 1.165) is 36.2 Å². The number of aromatic nitrogens is 4. The molecule has 3 heterocycles. The van der Waals surface area contributed by atoms with Crippen LogP contribution in [0.1, 0.15) is 12.5 Å². The van der Waals surface area contributed by atoms with Crippen LogP contribution < -0.4 is 0 Å². The number of hydrogen-bond donors (Lipinski definition) is 0. The Balaban J connectivity index is 1.30. The molecule has 0 spiro atoms. The Morgan fingerprint density at radius 1 is 1.06 bits per heavy atom. The summed E-state index contributed by atoms with van der Waals surface area (Å²) in [6.45, 7) is 6.10. The number of thioether (sulfide) groups is 1. The quantitative estimate of drug-likeness (QED) is 0.527. The minimum atomic E-state index is -0.177. The van der Waals surface area contributed by atoms with Crippen LogP contribution in [0.5, 0.6) is 0 Å². The molecule has 9 heteroatoms. The van der Waals surface area contributed by atoms with E-state index in [1.165, 1.54) is 17.8 Å². The Kier molecular flexibility index (Phi) is 6.93. The van der Waals surface area contributed by atoms with Crippen molar-refractivity contribution in [2.24, 2.45) is 0 Å². The van der Waals surface area contributed by atoms with E-state index in [-0.39, 0.29) is 11.7 Å². The summed E-state index contributed by atoms with van der Waals surface area (Å²) < 4.78 is 15.9. The number of benzene rings is 1. The summed E-state index contributed by atoms with van der Waals surface area (Å²) in [5.41, 5.74) is 1.65. The van der Waals surface area contributed by atoms with Gasteiger partial charge in [0.1, 0.15) is 5.82 Å². The summed E-state index contributed by atoms with van der Waals surface area (Å²) in [5, 5.41) is 9.33. The van der Waals surface area contributed by atoms with Gasteiger partial charge in [-0.15, -0.1) is 10.2 Å². The molecule has 1 aliphatic heterocycles. The average Bonchev–Trinajstić information content (AvgIpc) is 3.23. The van der Waals surface area contributed by atoms with Crippen LogP contribution in [-0.2, 0) is 17.9 Å². The number of carbonyl (C=O) groups excluding carboxylic acids is 1. The SMILES string of the molecule is CCn1c(SCC(=O)N2CCN(Cc3ccccc3F)CC2)nnc1-c1ccncc1. The first-order valence-corrected chi connectivity index (χ1v) is 11.3. The molecule has 1 aromatic carbocycles. The number of amides is 1. The second-order valence-electron chi connectivity index (χ2n) is 7.32. The zero-order valence-electron chi connectivity index (χ0n) is 17.4. The molecule has 1 aliphatic rings. The monoisotopic (exact) mass is 440 g/mol. The summed E-state index contributed by atoms with van der Waals surface area (Å²) >= 11 is 1.41. The van der Waals surface area contributed by atoms with Crippen molar-refractivity contribution in [3.63, 3.8) is 0 Å². The number of carbonyl (C=O) groups is 1. The van der Waals surface area contributed by atoms with Gasteiger partial charge in [-0.05, 0) is 25.1 Å². The minimum absolute atomic E-state index is 0.0895. The van der Waals surface area contributed by atoms with Gasteiger partial charge in [0.05, 0.1) is 5.75 Å². The van der Waals surface area contributed by atoms with Crippen molar-refractivity contribution in [3.05, 3.63) is 60.2 Å². The maximum absolute atomic E-state index is 13.9. The van der Waals surface area contributed by atoms with Gasteiger partial charge in [-0.1, -0.05) is 30.0 Å². The second kappa shape index (κ2) is 10.0. The Hall–Kier alpha value is -2.78. The highest BCUT2D eigenvalue weighted by molar-refractivity contribution is 7.99. The van der Waals surface area contributed by atoms with Crippen LogP contribution in [0.3, 0.4) is 0 Å². The lowest BCUT2D eigenvalue weighted by Crippen LogP contribution is -2.48. The van der Waals surface area contributed by atoms with Gasteiger partial charge < -0.3 is 9.47 Å². The number of nitrogens with zero attached hydrogens (tertiary/aromatic N) is 6. The molecular formula is C22H25FN6OS. The molecule has 31 heavy (non-hydrogen) atoms. The third-order valence-electron chi connectivity index (χ3n) is 5.37. The Labute approximate surface area is 185 Å². The van der Waals surface area contributed by atoms with Gasteiger partial charge in [-0.25, -0.2) is 4.39 Å². The maximum atomic E-state index is 13.9. The first-order valence-electron chi connectivity index (χ1n) is 10.4. The number of rotatable bonds is 7. The summed E-state index contributed by atoms with van der Waals surface area (Å²) in [4.78, 5) is 20.8. The fourth-order valence-electron chi connectivity index (χ4n) is 3.64. The van der Waals surface area contributed by atoms with Gasteiger partial charge in [-0.3, -0.25) is 14.7 Å². The van der Waals surface area contributed by atoms with E-state index in [2.05, 4.69) is 20.1 Å². The highest BCUT2D eigenvalue weighted by atomic mass is 32.2. The molecule has 0 N–H and O–H groups in total. The fourth-order valence-corrected chi connectivity index (χ4v) is 4.54. The third kappa shape index (κ3) is 5.11. The molecule has 1 fully saturated rings. The topological polar surface area (TPSA) is 67.2 Å². The summed E-state index contributed by atoms with van der Waals surface area (Å²) in [7, 11) is 0. The molecule has 0 unspecified atom stereocenters. The van der Waals surface area contributed by atoms with Crippen molar-refractivity contribution in [1.82, 2.24) is 29.5 Å². The van der Waals surface area contributed by atoms with Gasteiger partial charge in [-0.2, -0.15) is 0 Å². The molecule has 3 aromatic rings. The van der Waals surface area contributed by atoms with Crippen molar-refractivity contribution < 1.29 is 9.18 Å². The van der Waals surface area contributed by atoms with E-state index in [9.17, 15) is 9.18 Å². The Morgan fingerprint density at radius 2 is 1.81 bits per heavy atom. The second-order valence-corrected chi connectivity index (χ2v) is 8.27. The number of pyridine rings is 1. The van der Waals surface area contributed by atoms with Crippen molar-refractivity contribution in [2.75, 3.05) is 31.9 Å². The van der Waals surface area contributed by atoms with Crippen molar-refractivity contribution in [2.45, 2.75) is 25.2 Å². The normalized spacial score (nSPS) is 14.7. The van der Waals surface area contributed by atoms with Crippen LogP contribution in [0.15, 0.2) is 53.9 Å². The van der Waals surface area contributed by atoms with E-state index in [1.54, 1.807) is 18.5 Å². The lowest BCUT2D eigenvalue weighted by molar-refractivity contribution is -0.130. The van der Waals surface area contributed by atoms with E-state index in [4.69, 9.17) is 0 Å². The molecule has 0 bridgehead atoms. The van der Waals surface area contributed by atoms with Crippen LogP contribution >= 0.6 is 11.8 Å². The smallest absolute Gasteiger partial charge is 0.233 e. The van der Waals surface area contributed by atoms with Gasteiger partial charge in [0.2, 0.25) is 5.91 Å². The predicted octanol–water partition coefficient (Wildman–Crippen LogP) is 2.94. The van der Waals surface area contributed by atoms with Crippen molar-refractivity contribution >= 4 is 17.7 Å². The molecular weight excluding hydrogens is 415 g/mol. The van der Waals surface area contributed by atoms with E-state index in [0.29, 0.717) is 31.0 Å². The number of piperazine rings is 1. The highest BCUT2D eigenvalue weighted by Gasteiger charge is 2.23. The first kappa shape index (κ1) is 21.5. The number of halogens is 1. The molecule has 4 rings (SSSR count). The minimum Gasteiger partial charge on any atom is -0.339 e. The van der Waals surface area contributed by atoms with E-state index in [1.807, 2.05) is 40.7 Å². The van der Waals surface area contributed by atoms with Crippen LogP contribution in [-0.4, -0.2) is 67.4 Å². The molecule has 162 valence electrons. The lowest BCUT2D eigenvalue weighted by Gasteiger charge is -2.34. The van der Waals surface area contributed by atoms with Gasteiger partial charge >= 0.3 is 0 Å². The number of hydrogen-bond acceptors (Lipinski definition) is 6. The molecule has 0 aliphatic carbocycles. The maximum Gasteiger partial charge on any atom is 0.233 e. The lowest BCUT2D eigenvalue weighted by atomic mass is 10.2. The first-order chi connectivity index (χ1) is 15.2. The zero-order chi connectivity index (χ0) is 21.6. The zero-order valence-corrected chi connectivity index (χ0v) is 18.3. The summed E-state index contributed by atoms with van der Waals surface area (Å²) in [5.74, 6) is 1.01. The van der Waals surface area contributed by atoms with Crippen LogP contribution in [0.25, 0.3) is 11.4 Å². The molecule has 2 aromatic heterocycles. The largest absolute Gasteiger partial charge is 0.339 e. The van der Waals surface area contributed by atoms with Crippen LogP contribution in [0, 0.1) is 5.82 Å². The summed E-state index contributed by atoms with van der Waals surface area (Å²) in [6.07, 6.45) is 3.46. The Morgan fingerprint density at radius 3 is 2.52 bits per heavy atom. The predicted molar refractivity (Wildman–Crippen MR) is 118 cm³/mol. The van der Waals surface area contributed by atoms with Crippen molar-refractivity contribution in [1.29, 1.82) is 0 Å². The van der Waals surface area contributed by atoms with Crippen molar-refractivity contribution in [3.8, 4) is 11.4 Å². The van der Waals surface area contributed by atoms with E-state index < -0.39 is 0 Å². The molecule has 7 nitrogen and oxygen atoms in total. The van der Waals surface area contributed by atoms with E-state index >= 15 is 0 Å². The van der Waals surface area contributed by atoms with Crippen LogP contribution in [0.2, 0.25) is 0 Å². The molecule has 1 saturated heterocycles. The molecule has 0 atom stereocenters. The Bertz CT molecular complexity index is 1020. The summed E-state index contributed by atoms with van der Waals surface area (Å²) in [6, 6.07) is 10.7. The molecule has 1 amide bonds. The molecule has 0 saturated carbocycles. The van der Waals surface area contributed by atoms with Gasteiger partial charge in [0, 0.05) is 62.8 Å². The highest BCUT2D eigenvalue weighted by Crippen LogP contribution is 2.24. The van der Waals surface area contributed by atoms with Crippen LogP contribution in [0.4, 0.5) is 4.39 Å².